The summed E-state index contributed by atoms with van der Waals surface area (Å²) < 4.78 is 2.60. The maximum absolute atomic E-state index is 4.19. The molecule has 0 spiro atoms. The van der Waals surface area contributed by atoms with Gasteiger partial charge in [0.25, 0.3) is 0 Å². The van der Waals surface area contributed by atoms with E-state index in [1.807, 2.05) is 13.1 Å². The summed E-state index contributed by atoms with van der Waals surface area (Å²) in [6, 6.07) is 0. The lowest BCUT2D eigenvalue weighted by Gasteiger charge is -2.10. The maximum Gasteiger partial charge on any atom is 0.146 e. The molecule has 0 saturated heterocycles. The Labute approximate surface area is 113 Å². The van der Waals surface area contributed by atoms with E-state index >= 15 is 0 Å². The third-order valence-corrected chi connectivity index (χ3v) is 2.99. The van der Waals surface area contributed by atoms with Crippen molar-refractivity contribution >= 4 is 27.6 Å². The SMILES string of the molecule is CCNc1ncnc(NCCn2ccnn2)c1Br. The summed E-state index contributed by atoms with van der Waals surface area (Å²) in [6.07, 6.45) is 5.01. The largest absolute Gasteiger partial charge is 0.369 e. The minimum Gasteiger partial charge on any atom is -0.369 e. The van der Waals surface area contributed by atoms with Gasteiger partial charge in [-0.2, -0.15) is 0 Å². The molecule has 7 nitrogen and oxygen atoms in total. The summed E-state index contributed by atoms with van der Waals surface area (Å²) in [6.45, 7) is 4.28. The van der Waals surface area contributed by atoms with E-state index in [2.05, 4.69) is 46.8 Å². The fourth-order valence-electron chi connectivity index (χ4n) is 1.42. The molecule has 0 radical (unpaired) electrons. The molecule has 0 aliphatic heterocycles. The van der Waals surface area contributed by atoms with Crippen molar-refractivity contribution in [2.24, 2.45) is 0 Å². The molecule has 2 aromatic heterocycles. The number of rotatable bonds is 6. The van der Waals surface area contributed by atoms with Gasteiger partial charge in [-0.25, -0.2) is 9.97 Å². The van der Waals surface area contributed by atoms with Crippen LogP contribution in [-0.2, 0) is 6.54 Å². The molecule has 2 heterocycles. The molecule has 18 heavy (non-hydrogen) atoms. The van der Waals surface area contributed by atoms with Gasteiger partial charge in [-0.15, -0.1) is 5.10 Å². The Morgan fingerprint density at radius 1 is 1.28 bits per heavy atom. The molecule has 0 aromatic carbocycles. The quantitative estimate of drug-likeness (QED) is 0.839. The molecule has 0 fully saturated rings. The Morgan fingerprint density at radius 3 is 2.72 bits per heavy atom. The predicted molar refractivity (Wildman–Crippen MR) is 72.4 cm³/mol. The summed E-state index contributed by atoms with van der Waals surface area (Å²) in [5, 5.41) is 14.0. The van der Waals surface area contributed by atoms with Crippen LogP contribution in [0.25, 0.3) is 0 Å². The van der Waals surface area contributed by atoms with Gasteiger partial charge < -0.3 is 10.6 Å². The second kappa shape index (κ2) is 6.29. The normalized spacial score (nSPS) is 10.3. The standard InChI is InChI=1S/C10H14BrN7/c1-2-12-9-8(11)10(15-7-14-9)13-3-5-18-6-4-16-17-18/h4,6-7H,2-3,5H2,1H3,(H2,12,13,14,15). The fourth-order valence-corrected chi connectivity index (χ4v) is 1.91. The Morgan fingerprint density at radius 2 is 2.06 bits per heavy atom. The second-order valence-corrected chi connectivity index (χ2v) is 4.30. The van der Waals surface area contributed by atoms with Crippen molar-refractivity contribution in [1.82, 2.24) is 25.0 Å². The van der Waals surface area contributed by atoms with Crippen LogP contribution in [0, 0.1) is 0 Å². The number of hydrogen-bond acceptors (Lipinski definition) is 6. The van der Waals surface area contributed by atoms with Gasteiger partial charge in [0, 0.05) is 19.3 Å². The van der Waals surface area contributed by atoms with Gasteiger partial charge in [0.05, 0.1) is 12.7 Å². The highest BCUT2D eigenvalue weighted by atomic mass is 79.9. The monoisotopic (exact) mass is 311 g/mol. The Kier molecular flexibility index (Phi) is 4.46. The van der Waals surface area contributed by atoms with Crippen LogP contribution < -0.4 is 10.6 Å². The molecule has 0 aliphatic rings. The van der Waals surface area contributed by atoms with Gasteiger partial charge in [0.15, 0.2) is 0 Å². The summed E-state index contributed by atoms with van der Waals surface area (Å²) >= 11 is 3.48. The zero-order valence-corrected chi connectivity index (χ0v) is 11.6. The van der Waals surface area contributed by atoms with Crippen molar-refractivity contribution in [3.63, 3.8) is 0 Å². The third kappa shape index (κ3) is 3.16. The lowest BCUT2D eigenvalue weighted by Crippen LogP contribution is -2.13. The van der Waals surface area contributed by atoms with Crippen LogP contribution in [0.3, 0.4) is 0 Å². The smallest absolute Gasteiger partial charge is 0.146 e. The van der Waals surface area contributed by atoms with Crippen molar-refractivity contribution in [3.8, 4) is 0 Å². The lowest BCUT2D eigenvalue weighted by molar-refractivity contribution is 0.608. The lowest BCUT2D eigenvalue weighted by atomic mass is 10.5. The number of hydrogen-bond donors (Lipinski definition) is 2. The van der Waals surface area contributed by atoms with Crippen LogP contribution in [0.5, 0.6) is 0 Å². The van der Waals surface area contributed by atoms with Crippen LogP contribution in [0.15, 0.2) is 23.2 Å². The van der Waals surface area contributed by atoms with Crippen molar-refractivity contribution in [1.29, 1.82) is 0 Å². The molecule has 8 heteroatoms. The second-order valence-electron chi connectivity index (χ2n) is 3.51. The van der Waals surface area contributed by atoms with Gasteiger partial charge in [0.2, 0.25) is 0 Å². The van der Waals surface area contributed by atoms with Crippen LogP contribution in [-0.4, -0.2) is 38.1 Å². The van der Waals surface area contributed by atoms with E-state index in [0.29, 0.717) is 6.54 Å². The highest BCUT2D eigenvalue weighted by Crippen LogP contribution is 2.25. The van der Waals surface area contributed by atoms with Crippen LogP contribution in [0.1, 0.15) is 6.92 Å². The Balaban J connectivity index is 1.94. The fraction of sp³-hybridized carbons (Fsp3) is 0.400. The van der Waals surface area contributed by atoms with Crippen LogP contribution >= 0.6 is 15.9 Å². The first-order valence-electron chi connectivity index (χ1n) is 5.63. The minimum absolute atomic E-state index is 0.713. The highest BCUT2D eigenvalue weighted by Gasteiger charge is 2.07. The van der Waals surface area contributed by atoms with Crippen LogP contribution in [0.4, 0.5) is 11.6 Å². The van der Waals surface area contributed by atoms with Gasteiger partial charge in [-0.1, -0.05) is 5.21 Å². The molecule has 2 N–H and O–H groups in total. The average molecular weight is 312 g/mol. The number of nitrogens with zero attached hydrogens (tertiary/aromatic N) is 5. The number of halogens is 1. The summed E-state index contributed by atoms with van der Waals surface area (Å²) in [5.74, 6) is 1.55. The van der Waals surface area contributed by atoms with Crippen molar-refractivity contribution in [2.45, 2.75) is 13.5 Å². The van der Waals surface area contributed by atoms with E-state index in [1.165, 1.54) is 6.33 Å². The van der Waals surface area contributed by atoms with E-state index in [1.54, 1.807) is 10.9 Å². The zero-order valence-electron chi connectivity index (χ0n) is 9.97. The minimum atomic E-state index is 0.713. The zero-order chi connectivity index (χ0) is 12.8. The highest BCUT2D eigenvalue weighted by molar-refractivity contribution is 9.10. The van der Waals surface area contributed by atoms with E-state index in [0.717, 1.165) is 29.2 Å². The molecule has 2 rings (SSSR count). The number of anilines is 2. The topological polar surface area (TPSA) is 80.5 Å². The van der Waals surface area contributed by atoms with Crippen LogP contribution in [0.2, 0.25) is 0 Å². The first-order chi connectivity index (χ1) is 8.81. The summed E-state index contributed by atoms with van der Waals surface area (Å²) in [5.41, 5.74) is 0. The van der Waals surface area contributed by atoms with E-state index in [9.17, 15) is 0 Å². The Hall–Kier alpha value is -1.70. The first-order valence-corrected chi connectivity index (χ1v) is 6.43. The maximum atomic E-state index is 4.19. The molecule has 96 valence electrons. The summed E-state index contributed by atoms with van der Waals surface area (Å²) in [7, 11) is 0. The average Bonchev–Trinajstić information content (AvgIpc) is 2.87. The van der Waals surface area contributed by atoms with E-state index < -0.39 is 0 Å². The third-order valence-electron chi connectivity index (χ3n) is 2.24. The van der Waals surface area contributed by atoms with Crippen molar-refractivity contribution in [2.75, 3.05) is 23.7 Å². The summed E-state index contributed by atoms with van der Waals surface area (Å²) in [4.78, 5) is 8.34. The van der Waals surface area contributed by atoms with Crippen molar-refractivity contribution in [3.05, 3.63) is 23.2 Å². The number of aromatic nitrogens is 5. The molecule has 2 aromatic rings. The first kappa shape index (κ1) is 12.7. The molecule has 0 unspecified atom stereocenters. The number of nitrogens with one attached hydrogen (secondary N) is 2. The molecule has 0 amide bonds. The molecule has 0 atom stereocenters. The molecular weight excluding hydrogens is 298 g/mol. The van der Waals surface area contributed by atoms with Crippen molar-refractivity contribution < 1.29 is 0 Å². The molecular formula is C10H14BrN7. The molecule has 0 bridgehead atoms. The Bertz CT molecular complexity index is 485. The van der Waals surface area contributed by atoms with E-state index in [4.69, 9.17) is 0 Å². The van der Waals surface area contributed by atoms with E-state index in [-0.39, 0.29) is 0 Å². The van der Waals surface area contributed by atoms with Gasteiger partial charge in [-0.05, 0) is 22.9 Å². The van der Waals surface area contributed by atoms with Gasteiger partial charge in [-0.3, -0.25) is 4.68 Å². The molecule has 0 saturated carbocycles. The van der Waals surface area contributed by atoms with Gasteiger partial charge in [0.1, 0.15) is 22.4 Å². The van der Waals surface area contributed by atoms with Gasteiger partial charge >= 0.3 is 0 Å². The molecule has 0 aliphatic carbocycles. The predicted octanol–water partition coefficient (Wildman–Crippen LogP) is 1.37.